The van der Waals surface area contributed by atoms with Crippen LogP contribution in [-0.4, -0.2) is 17.6 Å². The second-order valence-corrected chi connectivity index (χ2v) is 5.75. The molecule has 0 saturated carbocycles. The average Bonchev–Trinajstić information content (AvgIpc) is 2.46. The van der Waals surface area contributed by atoms with Crippen LogP contribution < -0.4 is 11.1 Å². The van der Waals surface area contributed by atoms with Gasteiger partial charge in [-0.05, 0) is 30.3 Å². The van der Waals surface area contributed by atoms with Gasteiger partial charge in [0, 0.05) is 4.90 Å². The van der Waals surface area contributed by atoms with Crippen LogP contribution in [-0.2, 0) is 4.79 Å². The van der Waals surface area contributed by atoms with E-state index >= 15 is 0 Å². The lowest BCUT2D eigenvalue weighted by Crippen LogP contribution is -2.15. The molecule has 0 heterocycles. The van der Waals surface area contributed by atoms with Crippen LogP contribution in [0, 0.1) is 5.82 Å². The molecule has 2 amide bonds. The molecule has 114 valence electrons. The van der Waals surface area contributed by atoms with Gasteiger partial charge < -0.3 is 11.1 Å². The third-order valence-corrected chi connectivity index (χ3v) is 4.09. The van der Waals surface area contributed by atoms with E-state index in [9.17, 15) is 14.0 Å². The quantitative estimate of drug-likeness (QED) is 0.821. The Morgan fingerprint density at radius 1 is 1.23 bits per heavy atom. The highest BCUT2D eigenvalue weighted by Gasteiger charge is 2.13. The Morgan fingerprint density at radius 3 is 2.64 bits per heavy atom. The van der Waals surface area contributed by atoms with Gasteiger partial charge in [0.05, 0.1) is 22.0 Å². The summed E-state index contributed by atoms with van der Waals surface area (Å²) < 4.78 is 13.0. The summed E-state index contributed by atoms with van der Waals surface area (Å²) in [5.41, 5.74) is 5.81. The van der Waals surface area contributed by atoms with Gasteiger partial charge >= 0.3 is 0 Å². The molecule has 2 aromatic rings. The molecule has 0 aliphatic carbocycles. The Bertz CT molecular complexity index is 724. The van der Waals surface area contributed by atoms with E-state index < -0.39 is 17.6 Å². The highest BCUT2D eigenvalue weighted by Crippen LogP contribution is 2.28. The summed E-state index contributed by atoms with van der Waals surface area (Å²) in [7, 11) is 0. The monoisotopic (exact) mass is 338 g/mol. The van der Waals surface area contributed by atoms with Crippen LogP contribution in [0.3, 0.4) is 0 Å². The number of nitrogens with one attached hydrogen (secondary N) is 1. The number of hydrogen-bond donors (Lipinski definition) is 2. The molecule has 0 unspecified atom stereocenters. The van der Waals surface area contributed by atoms with Crippen molar-refractivity contribution in [1.82, 2.24) is 0 Å². The molecular weight excluding hydrogens is 327 g/mol. The second kappa shape index (κ2) is 7.29. The fourth-order valence-electron chi connectivity index (χ4n) is 1.71. The number of para-hydroxylation sites is 1. The van der Waals surface area contributed by atoms with Gasteiger partial charge in [-0.3, -0.25) is 9.59 Å². The third kappa shape index (κ3) is 4.22. The second-order valence-electron chi connectivity index (χ2n) is 4.33. The zero-order valence-electron chi connectivity index (χ0n) is 11.3. The lowest BCUT2D eigenvalue weighted by molar-refractivity contribution is -0.115. The molecule has 2 rings (SSSR count). The molecule has 0 bridgehead atoms. The first-order valence-corrected chi connectivity index (χ1v) is 7.60. The minimum atomic E-state index is -0.515. The Balaban J connectivity index is 2.19. The van der Waals surface area contributed by atoms with Crippen molar-refractivity contribution < 1.29 is 14.0 Å². The average molecular weight is 339 g/mol. The smallest absolute Gasteiger partial charge is 0.257 e. The van der Waals surface area contributed by atoms with Crippen LogP contribution in [0.2, 0.25) is 5.02 Å². The van der Waals surface area contributed by atoms with Crippen LogP contribution in [0.1, 0.15) is 10.4 Å². The molecule has 4 nitrogen and oxygen atoms in total. The lowest BCUT2D eigenvalue weighted by atomic mass is 10.2. The van der Waals surface area contributed by atoms with E-state index in [1.807, 2.05) is 0 Å². The van der Waals surface area contributed by atoms with Crippen molar-refractivity contribution in [1.29, 1.82) is 0 Å². The van der Waals surface area contributed by atoms with Gasteiger partial charge in [0.25, 0.3) is 5.91 Å². The molecular formula is C15H12ClFN2O2S. The number of rotatable bonds is 5. The SMILES string of the molecule is NC(=O)CSc1ccccc1NC(=O)c1ccc(F)cc1Cl. The summed E-state index contributed by atoms with van der Waals surface area (Å²) in [6.07, 6.45) is 0. The summed E-state index contributed by atoms with van der Waals surface area (Å²) in [6, 6.07) is 10.5. The Kier molecular flexibility index (Phi) is 5.41. The lowest BCUT2D eigenvalue weighted by Gasteiger charge is -2.11. The molecule has 7 heteroatoms. The van der Waals surface area contributed by atoms with E-state index in [1.54, 1.807) is 24.3 Å². The third-order valence-electron chi connectivity index (χ3n) is 2.68. The van der Waals surface area contributed by atoms with Crippen molar-refractivity contribution >= 4 is 40.9 Å². The summed E-state index contributed by atoms with van der Waals surface area (Å²) in [4.78, 5) is 23.8. The van der Waals surface area contributed by atoms with Gasteiger partial charge in [-0.25, -0.2) is 4.39 Å². The molecule has 0 atom stereocenters. The molecule has 0 aromatic heterocycles. The minimum Gasteiger partial charge on any atom is -0.369 e. The maximum Gasteiger partial charge on any atom is 0.257 e. The summed E-state index contributed by atoms with van der Waals surface area (Å²) in [6.45, 7) is 0. The van der Waals surface area contributed by atoms with Gasteiger partial charge in [0.1, 0.15) is 5.82 Å². The van der Waals surface area contributed by atoms with Gasteiger partial charge in [-0.1, -0.05) is 23.7 Å². The zero-order valence-corrected chi connectivity index (χ0v) is 12.9. The number of hydrogen-bond acceptors (Lipinski definition) is 3. The molecule has 3 N–H and O–H groups in total. The first-order chi connectivity index (χ1) is 10.5. The Morgan fingerprint density at radius 2 is 1.95 bits per heavy atom. The fraction of sp³-hybridized carbons (Fsp3) is 0.0667. The Hall–Kier alpha value is -2.05. The predicted octanol–water partition coefficient (Wildman–Crippen LogP) is 3.31. The van der Waals surface area contributed by atoms with Crippen molar-refractivity contribution in [2.45, 2.75) is 4.90 Å². The molecule has 0 saturated heterocycles. The molecule has 0 fully saturated rings. The summed E-state index contributed by atoms with van der Waals surface area (Å²) in [5, 5.41) is 2.72. The van der Waals surface area contributed by atoms with E-state index in [2.05, 4.69) is 5.32 Å². The topological polar surface area (TPSA) is 72.2 Å². The maximum absolute atomic E-state index is 13.0. The fourth-order valence-corrected chi connectivity index (χ4v) is 2.71. The number of amides is 2. The van der Waals surface area contributed by atoms with E-state index in [-0.39, 0.29) is 16.3 Å². The van der Waals surface area contributed by atoms with Crippen LogP contribution in [0.5, 0.6) is 0 Å². The number of benzene rings is 2. The van der Waals surface area contributed by atoms with Gasteiger partial charge in [-0.2, -0.15) is 0 Å². The van der Waals surface area contributed by atoms with E-state index in [0.29, 0.717) is 10.6 Å². The number of thioether (sulfide) groups is 1. The van der Waals surface area contributed by atoms with Gasteiger partial charge in [-0.15, -0.1) is 11.8 Å². The molecule has 22 heavy (non-hydrogen) atoms. The highest BCUT2D eigenvalue weighted by molar-refractivity contribution is 8.00. The van der Waals surface area contributed by atoms with Crippen molar-refractivity contribution in [3.8, 4) is 0 Å². The largest absolute Gasteiger partial charge is 0.369 e. The minimum absolute atomic E-state index is 0.0276. The molecule has 2 aromatic carbocycles. The van der Waals surface area contributed by atoms with Crippen molar-refractivity contribution in [2.24, 2.45) is 5.73 Å². The van der Waals surface area contributed by atoms with E-state index in [4.69, 9.17) is 17.3 Å². The first-order valence-electron chi connectivity index (χ1n) is 6.24. The van der Waals surface area contributed by atoms with E-state index in [0.717, 1.165) is 12.1 Å². The predicted molar refractivity (Wildman–Crippen MR) is 85.7 cm³/mol. The number of carbonyl (C=O) groups is 2. The van der Waals surface area contributed by atoms with Crippen LogP contribution in [0.4, 0.5) is 10.1 Å². The maximum atomic E-state index is 13.0. The van der Waals surface area contributed by atoms with Gasteiger partial charge in [0.2, 0.25) is 5.91 Å². The summed E-state index contributed by atoms with van der Waals surface area (Å²) >= 11 is 7.08. The molecule has 0 aliphatic rings. The highest BCUT2D eigenvalue weighted by atomic mass is 35.5. The molecule has 0 aliphatic heterocycles. The van der Waals surface area contributed by atoms with Crippen molar-refractivity contribution in [3.05, 3.63) is 58.9 Å². The number of anilines is 1. The standard InChI is InChI=1S/C15H12ClFN2O2S/c16-11-7-9(17)5-6-10(11)15(21)19-12-3-1-2-4-13(12)22-8-14(18)20/h1-7H,8H2,(H2,18,20)(H,19,21). The summed E-state index contributed by atoms with van der Waals surface area (Å²) in [5.74, 6) is -1.33. The number of halogens is 2. The normalized spacial score (nSPS) is 10.3. The Labute approximate surface area is 135 Å². The van der Waals surface area contributed by atoms with E-state index in [1.165, 1.54) is 17.8 Å². The van der Waals surface area contributed by atoms with Crippen molar-refractivity contribution in [3.63, 3.8) is 0 Å². The van der Waals surface area contributed by atoms with Crippen LogP contribution >= 0.6 is 23.4 Å². The number of nitrogens with two attached hydrogens (primary N) is 1. The molecule has 0 radical (unpaired) electrons. The first kappa shape index (κ1) is 16.3. The van der Waals surface area contributed by atoms with Crippen LogP contribution in [0.25, 0.3) is 0 Å². The van der Waals surface area contributed by atoms with Crippen molar-refractivity contribution in [2.75, 3.05) is 11.1 Å². The molecule has 0 spiro atoms. The van der Waals surface area contributed by atoms with Gasteiger partial charge in [0.15, 0.2) is 0 Å². The number of primary amides is 1. The van der Waals surface area contributed by atoms with Crippen LogP contribution in [0.15, 0.2) is 47.4 Å². The number of carbonyl (C=O) groups excluding carboxylic acids is 2. The zero-order chi connectivity index (χ0) is 16.1.